The molecule has 0 aromatic heterocycles. The zero-order valence-corrected chi connectivity index (χ0v) is 9.57. The van der Waals surface area contributed by atoms with E-state index in [1.807, 2.05) is 6.92 Å². The van der Waals surface area contributed by atoms with Crippen molar-refractivity contribution in [1.29, 1.82) is 0 Å². The molecule has 1 aliphatic rings. The van der Waals surface area contributed by atoms with Crippen LogP contribution in [0.3, 0.4) is 0 Å². The molecule has 5 heteroatoms. The molecule has 1 saturated heterocycles. The fourth-order valence-corrected chi connectivity index (χ4v) is 3.10. The van der Waals surface area contributed by atoms with Gasteiger partial charge in [-0.25, -0.2) is 13.1 Å². The van der Waals surface area contributed by atoms with Crippen LogP contribution in [0.15, 0.2) is 0 Å². The van der Waals surface area contributed by atoms with E-state index in [0.29, 0.717) is 0 Å². The fraction of sp³-hybridized carbons (Fsp3) is 1.00. The molecule has 0 spiro atoms. The normalized spacial score (nSPS) is 23.6. The van der Waals surface area contributed by atoms with Gasteiger partial charge in [0.15, 0.2) is 0 Å². The summed E-state index contributed by atoms with van der Waals surface area (Å²) in [7, 11) is -3.03. The van der Waals surface area contributed by atoms with E-state index in [1.165, 1.54) is 0 Å². The second-order valence-corrected chi connectivity index (χ2v) is 5.71. The number of sulfonamides is 1. The average Bonchev–Trinajstić information content (AvgIpc) is 2.16. The van der Waals surface area contributed by atoms with Gasteiger partial charge in [0.05, 0.1) is 5.75 Å². The molecular weight excluding hydrogens is 200 g/mol. The van der Waals surface area contributed by atoms with Crippen molar-refractivity contribution in [1.82, 2.24) is 10.0 Å². The standard InChI is InChI=1S/C9H20N2O2S/c1-2-3-7-14(12,13)11-9-5-4-6-10-8-9/h9-11H,2-8H2,1H3/t9-/m1/s1. The Kier molecular flexibility index (Phi) is 4.84. The van der Waals surface area contributed by atoms with Gasteiger partial charge in [-0.15, -0.1) is 0 Å². The van der Waals surface area contributed by atoms with Crippen LogP contribution < -0.4 is 10.0 Å². The van der Waals surface area contributed by atoms with Crippen molar-refractivity contribution in [2.75, 3.05) is 18.8 Å². The lowest BCUT2D eigenvalue weighted by atomic mass is 10.1. The van der Waals surface area contributed by atoms with Crippen LogP contribution >= 0.6 is 0 Å². The minimum atomic E-state index is -3.03. The first-order valence-corrected chi connectivity index (χ1v) is 7.00. The summed E-state index contributed by atoms with van der Waals surface area (Å²) in [5.74, 6) is 0.264. The quantitative estimate of drug-likeness (QED) is 0.707. The summed E-state index contributed by atoms with van der Waals surface area (Å²) in [5, 5.41) is 3.19. The Morgan fingerprint density at radius 1 is 1.50 bits per heavy atom. The summed E-state index contributed by atoms with van der Waals surface area (Å²) in [6, 6.07) is 0.102. The lowest BCUT2D eigenvalue weighted by Gasteiger charge is -2.23. The summed E-state index contributed by atoms with van der Waals surface area (Å²) >= 11 is 0. The molecule has 84 valence electrons. The highest BCUT2D eigenvalue weighted by atomic mass is 32.2. The van der Waals surface area contributed by atoms with E-state index in [0.717, 1.165) is 38.8 Å². The van der Waals surface area contributed by atoms with Gasteiger partial charge in [0.25, 0.3) is 0 Å². The van der Waals surface area contributed by atoms with Crippen molar-refractivity contribution in [3.8, 4) is 0 Å². The Balaban J connectivity index is 2.33. The van der Waals surface area contributed by atoms with Crippen LogP contribution in [0.1, 0.15) is 32.6 Å². The number of nitrogens with one attached hydrogen (secondary N) is 2. The van der Waals surface area contributed by atoms with E-state index in [1.54, 1.807) is 0 Å². The smallest absolute Gasteiger partial charge is 0.211 e. The predicted molar refractivity (Wildman–Crippen MR) is 57.7 cm³/mol. The van der Waals surface area contributed by atoms with Gasteiger partial charge < -0.3 is 5.32 Å². The molecule has 1 rings (SSSR count). The monoisotopic (exact) mass is 220 g/mol. The van der Waals surface area contributed by atoms with Crippen LogP contribution in [-0.2, 0) is 10.0 Å². The Bertz CT molecular complexity index is 246. The zero-order valence-electron chi connectivity index (χ0n) is 8.75. The zero-order chi connectivity index (χ0) is 10.4. The van der Waals surface area contributed by atoms with Gasteiger partial charge in [-0.2, -0.15) is 0 Å². The third-order valence-corrected chi connectivity index (χ3v) is 3.93. The van der Waals surface area contributed by atoms with Gasteiger partial charge in [-0.05, 0) is 25.8 Å². The molecule has 1 aliphatic heterocycles. The van der Waals surface area contributed by atoms with E-state index in [2.05, 4.69) is 10.0 Å². The second kappa shape index (κ2) is 5.68. The average molecular weight is 220 g/mol. The predicted octanol–water partition coefficient (Wildman–Crippen LogP) is 0.458. The summed E-state index contributed by atoms with van der Waals surface area (Å²) in [4.78, 5) is 0. The molecular formula is C9H20N2O2S. The molecule has 1 fully saturated rings. The maximum absolute atomic E-state index is 11.5. The second-order valence-electron chi connectivity index (χ2n) is 3.83. The topological polar surface area (TPSA) is 58.2 Å². The van der Waals surface area contributed by atoms with E-state index >= 15 is 0 Å². The van der Waals surface area contributed by atoms with Crippen molar-refractivity contribution in [2.45, 2.75) is 38.6 Å². The van der Waals surface area contributed by atoms with Crippen molar-refractivity contribution >= 4 is 10.0 Å². The van der Waals surface area contributed by atoms with E-state index in [4.69, 9.17) is 0 Å². The number of hydrogen-bond donors (Lipinski definition) is 2. The largest absolute Gasteiger partial charge is 0.315 e. The van der Waals surface area contributed by atoms with Crippen molar-refractivity contribution < 1.29 is 8.42 Å². The van der Waals surface area contributed by atoms with Crippen LogP contribution in [0.4, 0.5) is 0 Å². The molecule has 0 aromatic rings. The molecule has 0 bridgehead atoms. The highest BCUT2D eigenvalue weighted by Gasteiger charge is 2.18. The van der Waals surface area contributed by atoms with Crippen LogP contribution in [0.5, 0.6) is 0 Å². The number of piperidine rings is 1. The van der Waals surface area contributed by atoms with Gasteiger partial charge >= 0.3 is 0 Å². The fourth-order valence-electron chi connectivity index (χ4n) is 1.60. The lowest BCUT2D eigenvalue weighted by Crippen LogP contribution is -2.46. The van der Waals surface area contributed by atoms with Gasteiger partial charge in [-0.3, -0.25) is 0 Å². The Morgan fingerprint density at radius 3 is 2.86 bits per heavy atom. The third-order valence-electron chi connectivity index (χ3n) is 2.41. The molecule has 0 unspecified atom stereocenters. The number of unbranched alkanes of at least 4 members (excludes halogenated alkanes) is 1. The summed E-state index contributed by atoms with van der Waals surface area (Å²) in [6.45, 7) is 3.77. The molecule has 0 saturated carbocycles. The Labute approximate surface area is 86.5 Å². The molecule has 1 atom stereocenters. The Morgan fingerprint density at radius 2 is 2.29 bits per heavy atom. The van der Waals surface area contributed by atoms with Crippen molar-refractivity contribution in [2.24, 2.45) is 0 Å². The SMILES string of the molecule is CCCCS(=O)(=O)N[C@@H]1CCCNC1. The molecule has 14 heavy (non-hydrogen) atoms. The minimum absolute atomic E-state index is 0.102. The molecule has 0 amide bonds. The first kappa shape index (κ1) is 11.9. The lowest BCUT2D eigenvalue weighted by molar-refractivity contribution is 0.428. The highest BCUT2D eigenvalue weighted by Crippen LogP contribution is 2.04. The van der Waals surface area contributed by atoms with E-state index < -0.39 is 10.0 Å². The van der Waals surface area contributed by atoms with Gasteiger partial charge in [0, 0.05) is 12.6 Å². The molecule has 1 heterocycles. The van der Waals surface area contributed by atoms with Crippen molar-refractivity contribution in [3.05, 3.63) is 0 Å². The molecule has 0 radical (unpaired) electrons. The maximum atomic E-state index is 11.5. The summed E-state index contributed by atoms with van der Waals surface area (Å²) in [5.41, 5.74) is 0. The number of rotatable bonds is 5. The van der Waals surface area contributed by atoms with Gasteiger partial charge in [0.2, 0.25) is 10.0 Å². The minimum Gasteiger partial charge on any atom is -0.315 e. The first-order chi connectivity index (χ1) is 6.64. The third kappa shape index (κ3) is 4.39. The maximum Gasteiger partial charge on any atom is 0.211 e. The first-order valence-electron chi connectivity index (χ1n) is 5.35. The van der Waals surface area contributed by atoms with E-state index in [-0.39, 0.29) is 11.8 Å². The van der Waals surface area contributed by atoms with E-state index in [9.17, 15) is 8.42 Å². The number of hydrogen-bond acceptors (Lipinski definition) is 3. The van der Waals surface area contributed by atoms with Crippen LogP contribution in [-0.4, -0.2) is 33.3 Å². The van der Waals surface area contributed by atoms with Gasteiger partial charge in [0.1, 0.15) is 0 Å². The summed E-state index contributed by atoms with van der Waals surface area (Å²) in [6.07, 6.45) is 3.68. The van der Waals surface area contributed by atoms with Crippen LogP contribution in [0.2, 0.25) is 0 Å². The summed E-state index contributed by atoms with van der Waals surface area (Å²) < 4.78 is 25.8. The van der Waals surface area contributed by atoms with Gasteiger partial charge in [-0.1, -0.05) is 13.3 Å². The highest BCUT2D eigenvalue weighted by molar-refractivity contribution is 7.89. The van der Waals surface area contributed by atoms with Crippen molar-refractivity contribution in [3.63, 3.8) is 0 Å². The molecule has 2 N–H and O–H groups in total. The molecule has 0 aliphatic carbocycles. The van der Waals surface area contributed by atoms with Crippen LogP contribution in [0.25, 0.3) is 0 Å². The molecule has 0 aromatic carbocycles. The molecule has 4 nitrogen and oxygen atoms in total. The Hall–Kier alpha value is -0.130. The van der Waals surface area contributed by atoms with Crippen LogP contribution in [0, 0.1) is 0 Å².